The van der Waals surface area contributed by atoms with E-state index in [0.717, 1.165) is 11.1 Å². The first-order chi connectivity index (χ1) is 13.8. The minimum Gasteiger partial charge on any atom is -0.357 e. The summed E-state index contributed by atoms with van der Waals surface area (Å²) in [5.41, 5.74) is 1.41. The quantitative estimate of drug-likeness (QED) is 0.523. The first-order valence-electron chi connectivity index (χ1n) is 9.02. The standard InChI is InChI=1S/C20H23ClN6O2/c1-4-15(21)6-5-13(2)14-9-16(23-10-14)17(28)24-11-20(12-25-19(29)26-20)18-22-7-8-27(18)3/h4-10,23H,1,11-12H2,2-3H3,(H,24,28)(H2,25,26,29)/b13-5+,15-6+. The van der Waals surface area contributed by atoms with Crippen molar-refractivity contribution in [1.82, 2.24) is 30.5 Å². The Morgan fingerprint density at radius 2 is 2.28 bits per heavy atom. The van der Waals surface area contributed by atoms with Gasteiger partial charge in [0.1, 0.15) is 17.1 Å². The minimum atomic E-state index is -0.817. The van der Waals surface area contributed by atoms with Gasteiger partial charge in [-0.2, -0.15) is 0 Å². The number of H-pyrrole nitrogens is 1. The van der Waals surface area contributed by atoms with E-state index < -0.39 is 5.54 Å². The number of halogens is 1. The first kappa shape index (κ1) is 20.5. The number of urea groups is 1. The lowest BCUT2D eigenvalue weighted by atomic mass is 9.99. The molecule has 4 N–H and O–H groups in total. The van der Waals surface area contributed by atoms with E-state index in [-0.39, 0.29) is 18.5 Å². The number of rotatable bonds is 7. The van der Waals surface area contributed by atoms with Crippen LogP contribution in [-0.4, -0.2) is 39.6 Å². The summed E-state index contributed by atoms with van der Waals surface area (Å²) in [5, 5.41) is 9.04. The molecule has 0 aliphatic carbocycles. The van der Waals surface area contributed by atoms with Crippen LogP contribution in [0.15, 0.2) is 54.5 Å². The normalized spacial score (nSPS) is 19.6. The lowest BCUT2D eigenvalue weighted by Crippen LogP contribution is -2.51. The maximum Gasteiger partial charge on any atom is 0.315 e. The predicted molar refractivity (Wildman–Crippen MR) is 112 cm³/mol. The number of aromatic amines is 1. The average molecular weight is 415 g/mol. The van der Waals surface area contributed by atoms with Crippen molar-refractivity contribution in [1.29, 1.82) is 0 Å². The molecule has 1 aliphatic rings. The summed E-state index contributed by atoms with van der Waals surface area (Å²) in [5.74, 6) is 0.381. The van der Waals surface area contributed by atoms with Crippen molar-refractivity contribution in [2.24, 2.45) is 7.05 Å². The molecule has 8 nitrogen and oxygen atoms in total. The average Bonchev–Trinajstić information content (AvgIpc) is 3.44. The summed E-state index contributed by atoms with van der Waals surface area (Å²) >= 11 is 5.92. The molecule has 0 spiro atoms. The van der Waals surface area contributed by atoms with Crippen LogP contribution < -0.4 is 16.0 Å². The maximum absolute atomic E-state index is 12.7. The van der Waals surface area contributed by atoms with Crippen molar-refractivity contribution in [3.05, 3.63) is 71.6 Å². The fraction of sp³-hybridized carbons (Fsp3) is 0.250. The lowest BCUT2D eigenvalue weighted by molar-refractivity contribution is 0.0936. The molecule has 0 aromatic carbocycles. The molecule has 0 saturated carbocycles. The third-order valence-electron chi connectivity index (χ3n) is 4.77. The molecular formula is C20H23ClN6O2. The molecule has 3 heterocycles. The van der Waals surface area contributed by atoms with Crippen LogP contribution in [0.2, 0.25) is 0 Å². The second-order valence-corrected chi connectivity index (χ2v) is 7.28. The number of nitrogens with zero attached hydrogens (tertiary/aromatic N) is 2. The molecule has 0 radical (unpaired) electrons. The number of imidazole rings is 1. The largest absolute Gasteiger partial charge is 0.357 e. The smallest absolute Gasteiger partial charge is 0.315 e. The number of allylic oxidation sites excluding steroid dienone is 5. The zero-order chi connectivity index (χ0) is 21.0. The van der Waals surface area contributed by atoms with E-state index in [2.05, 4.69) is 32.5 Å². The van der Waals surface area contributed by atoms with Gasteiger partial charge >= 0.3 is 6.03 Å². The van der Waals surface area contributed by atoms with Crippen LogP contribution in [-0.2, 0) is 12.6 Å². The van der Waals surface area contributed by atoms with Gasteiger partial charge in [0, 0.05) is 30.7 Å². The Morgan fingerprint density at radius 3 is 2.90 bits per heavy atom. The fourth-order valence-corrected chi connectivity index (χ4v) is 3.20. The van der Waals surface area contributed by atoms with Crippen LogP contribution in [0.25, 0.3) is 5.57 Å². The summed E-state index contributed by atoms with van der Waals surface area (Å²) in [6, 6.07) is 1.46. The number of aryl methyl sites for hydroxylation is 1. The fourth-order valence-electron chi connectivity index (χ4n) is 3.13. The van der Waals surface area contributed by atoms with E-state index in [1.165, 1.54) is 0 Å². The molecule has 1 aliphatic heterocycles. The Bertz CT molecular complexity index is 1000. The summed E-state index contributed by atoms with van der Waals surface area (Å²) < 4.78 is 1.82. The molecule has 1 fully saturated rings. The summed E-state index contributed by atoms with van der Waals surface area (Å²) in [7, 11) is 1.84. The van der Waals surface area contributed by atoms with Crippen LogP contribution in [0, 0.1) is 0 Å². The maximum atomic E-state index is 12.7. The van der Waals surface area contributed by atoms with Gasteiger partial charge in [-0.3, -0.25) is 4.79 Å². The number of aromatic nitrogens is 3. The Hall–Kier alpha value is -3.26. The van der Waals surface area contributed by atoms with Crippen LogP contribution in [0.5, 0.6) is 0 Å². The molecule has 1 unspecified atom stereocenters. The number of hydrogen-bond donors (Lipinski definition) is 4. The zero-order valence-corrected chi connectivity index (χ0v) is 17.0. The van der Waals surface area contributed by atoms with Crippen molar-refractivity contribution >= 4 is 29.1 Å². The van der Waals surface area contributed by atoms with E-state index in [1.807, 2.05) is 24.6 Å². The second kappa shape index (κ2) is 8.40. The van der Waals surface area contributed by atoms with Crippen molar-refractivity contribution in [3.8, 4) is 0 Å². The van der Waals surface area contributed by atoms with Gasteiger partial charge in [-0.15, -0.1) is 0 Å². The van der Waals surface area contributed by atoms with Crippen molar-refractivity contribution in [3.63, 3.8) is 0 Å². The summed E-state index contributed by atoms with van der Waals surface area (Å²) in [6.07, 6.45) is 10.3. The van der Waals surface area contributed by atoms with Gasteiger partial charge < -0.3 is 25.5 Å². The van der Waals surface area contributed by atoms with Crippen molar-refractivity contribution in [2.45, 2.75) is 12.5 Å². The first-order valence-corrected chi connectivity index (χ1v) is 9.40. The van der Waals surface area contributed by atoms with Crippen LogP contribution >= 0.6 is 11.6 Å². The van der Waals surface area contributed by atoms with Crippen LogP contribution in [0.3, 0.4) is 0 Å². The number of carbonyl (C=O) groups is 2. The highest BCUT2D eigenvalue weighted by Gasteiger charge is 2.42. The van der Waals surface area contributed by atoms with Gasteiger partial charge in [-0.1, -0.05) is 30.3 Å². The lowest BCUT2D eigenvalue weighted by Gasteiger charge is -2.27. The highest BCUT2D eigenvalue weighted by atomic mass is 35.5. The summed E-state index contributed by atoms with van der Waals surface area (Å²) in [4.78, 5) is 31.8. The number of nitrogens with one attached hydrogen (secondary N) is 4. The van der Waals surface area contributed by atoms with Crippen molar-refractivity contribution < 1.29 is 9.59 Å². The molecule has 3 rings (SSSR count). The topological polar surface area (TPSA) is 104 Å². The summed E-state index contributed by atoms with van der Waals surface area (Å²) in [6.45, 7) is 6.04. The Kier molecular flexibility index (Phi) is 5.93. The van der Waals surface area contributed by atoms with Gasteiger partial charge in [0.15, 0.2) is 0 Å². The Labute approximate surface area is 173 Å². The Balaban J connectivity index is 1.72. The number of carbonyl (C=O) groups excluding carboxylic acids is 2. The van der Waals surface area contributed by atoms with Gasteiger partial charge in [0.25, 0.3) is 5.91 Å². The molecule has 2 aromatic heterocycles. The highest BCUT2D eigenvalue weighted by Crippen LogP contribution is 2.22. The highest BCUT2D eigenvalue weighted by molar-refractivity contribution is 6.31. The van der Waals surface area contributed by atoms with E-state index in [1.54, 1.807) is 36.8 Å². The molecule has 152 valence electrons. The molecule has 1 atom stereocenters. The molecule has 0 bridgehead atoms. The van der Waals surface area contributed by atoms with E-state index in [0.29, 0.717) is 23.1 Å². The molecule has 9 heteroatoms. The predicted octanol–water partition coefficient (Wildman–Crippen LogP) is 2.40. The van der Waals surface area contributed by atoms with Gasteiger partial charge in [0.05, 0.1) is 13.1 Å². The molecular weight excluding hydrogens is 392 g/mol. The molecule has 1 saturated heterocycles. The third kappa shape index (κ3) is 4.43. The number of amides is 3. The minimum absolute atomic E-state index is 0.191. The molecule has 2 aromatic rings. The van der Waals surface area contributed by atoms with E-state index >= 15 is 0 Å². The van der Waals surface area contributed by atoms with Gasteiger partial charge in [-0.05, 0) is 30.2 Å². The third-order valence-corrected chi connectivity index (χ3v) is 5.05. The van der Waals surface area contributed by atoms with Crippen molar-refractivity contribution in [2.75, 3.05) is 13.1 Å². The van der Waals surface area contributed by atoms with Gasteiger partial charge in [-0.25, -0.2) is 9.78 Å². The van der Waals surface area contributed by atoms with E-state index in [4.69, 9.17) is 11.6 Å². The van der Waals surface area contributed by atoms with Crippen LogP contribution in [0.1, 0.15) is 28.8 Å². The van der Waals surface area contributed by atoms with Gasteiger partial charge in [0.2, 0.25) is 0 Å². The zero-order valence-electron chi connectivity index (χ0n) is 16.3. The van der Waals surface area contributed by atoms with Crippen LogP contribution in [0.4, 0.5) is 4.79 Å². The SMILES string of the molecule is C=C/C(Cl)=C\C=C(/C)c1c[nH]c(C(=O)NCC2(c3nccn3C)CNC(=O)N2)c1. The molecule has 29 heavy (non-hydrogen) atoms. The Morgan fingerprint density at radius 1 is 1.48 bits per heavy atom. The molecule has 3 amide bonds. The monoisotopic (exact) mass is 414 g/mol. The number of hydrogen-bond acceptors (Lipinski definition) is 3. The van der Waals surface area contributed by atoms with E-state index in [9.17, 15) is 9.59 Å². The second-order valence-electron chi connectivity index (χ2n) is 6.84.